The number of sulfone groups is 1. The number of benzene rings is 1. The third-order valence-corrected chi connectivity index (χ3v) is 5.34. The van der Waals surface area contributed by atoms with E-state index in [1.165, 1.54) is 16.9 Å². The number of aliphatic hydroxyl groups is 1. The highest BCUT2D eigenvalue weighted by molar-refractivity contribution is 7.90. The number of rotatable bonds is 7. The van der Waals surface area contributed by atoms with Crippen LogP contribution in [-0.4, -0.2) is 30.9 Å². The number of thiazole rings is 1. The van der Waals surface area contributed by atoms with Crippen LogP contribution in [0.3, 0.4) is 0 Å². The van der Waals surface area contributed by atoms with E-state index >= 15 is 0 Å². The quantitative estimate of drug-likeness (QED) is 0.847. The second-order valence-electron chi connectivity index (χ2n) is 4.53. The highest BCUT2D eigenvalue weighted by atomic mass is 32.2. The average molecular weight is 311 g/mol. The Bertz CT molecular complexity index is 635. The molecule has 6 heteroatoms. The van der Waals surface area contributed by atoms with Crippen LogP contribution < -0.4 is 0 Å². The molecule has 2 rings (SSSR count). The van der Waals surface area contributed by atoms with Crippen molar-refractivity contribution in [3.05, 3.63) is 52.0 Å². The van der Waals surface area contributed by atoms with Crippen molar-refractivity contribution in [3.8, 4) is 0 Å². The molecule has 0 radical (unpaired) electrons. The normalized spacial score (nSPS) is 11.7. The number of aliphatic hydroxyl groups excluding tert-OH is 1. The van der Waals surface area contributed by atoms with Gasteiger partial charge in [-0.2, -0.15) is 0 Å². The standard InChI is InChI=1S/C14H17NO3S2/c16-8-9-20(17,18)11-13-10-19-14(15-13)7-6-12-4-2-1-3-5-12/h1-5,10,16H,6-9,11H2. The van der Waals surface area contributed by atoms with Crippen LogP contribution in [0.5, 0.6) is 0 Å². The van der Waals surface area contributed by atoms with Gasteiger partial charge in [0.2, 0.25) is 0 Å². The molecule has 0 atom stereocenters. The van der Waals surface area contributed by atoms with E-state index in [4.69, 9.17) is 5.11 Å². The van der Waals surface area contributed by atoms with Gasteiger partial charge in [0.15, 0.2) is 9.84 Å². The smallest absolute Gasteiger partial charge is 0.158 e. The lowest BCUT2D eigenvalue weighted by Gasteiger charge is -1.99. The zero-order chi connectivity index (χ0) is 14.4. The van der Waals surface area contributed by atoms with E-state index in [-0.39, 0.29) is 18.1 Å². The molecule has 0 amide bonds. The van der Waals surface area contributed by atoms with E-state index in [0.29, 0.717) is 5.69 Å². The third-order valence-electron chi connectivity index (χ3n) is 2.84. The zero-order valence-corrected chi connectivity index (χ0v) is 12.7. The largest absolute Gasteiger partial charge is 0.395 e. The molecule has 0 unspecified atom stereocenters. The van der Waals surface area contributed by atoms with Crippen LogP contribution in [0.25, 0.3) is 0 Å². The highest BCUT2D eigenvalue weighted by Crippen LogP contribution is 2.15. The van der Waals surface area contributed by atoms with Crippen LogP contribution in [-0.2, 0) is 28.4 Å². The maximum Gasteiger partial charge on any atom is 0.158 e. The van der Waals surface area contributed by atoms with Crippen LogP contribution >= 0.6 is 11.3 Å². The van der Waals surface area contributed by atoms with Gasteiger partial charge in [-0.25, -0.2) is 13.4 Å². The summed E-state index contributed by atoms with van der Waals surface area (Å²) in [6.07, 6.45) is 1.71. The summed E-state index contributed by atoms with van der Waals surface area (Å²) >= 11 is 1.49. The summed E-state index contributed by atoms with van der Waals surface area (Å²) in [6, 6.07) is 10.1. The van der Waals surface area contributed by atoms with Crippen molar-refractivity contribution in [2.24, 2.45) is 0 Å². The lowest BCUT2D eigenvalue weighted by atomic mass is 10.1. The van der Waals surface area contributed by atoms with E-state index < -0.39 is 9.84 Å². The van der Waals surface area contributed by atoms with Crippen LogP contribution in [0.1, 0.15) is 16.3 Å². The molecule has 0 saturated carbocycles. The maximum atomic E-state index is 11.6. The molecule has 0 saturated heterocycles. The van der Waals surface area contributed by atoms with Gasteiger partial charge < -0.3 is 5.11 Å². The monoisotopic (exact) mass is 311 g/mol. The van der Waals surface area contributed by atoms with Gasteiger partial charge in [-0.15, -0.1) is 11.3 Å². The third kappa shape index (κ3) is 4.70. The predicted molar refractivity (Wildman–Crippen MR) is 80.5 cm³/mol. The van der Waals surface area contributed by atoms with E-state index in [9.17, 15) is 8.42 Å². The van der Waals surface area contributed by atoms with Gasteiger partial charge in [0.25, 0.3) is 0 Å². The Morgan fingerprint density at radius 2 is 1.90 bits per heavy atom. The Hall–Kier alpha value is -1.24. The van der Waals surface area contributed by atoms with Gasteiger partial charge in [0, 0.05) is 11.8 Å². The van der Waals surface area contributed by atoms with Crippen molar-refractivity contribution in [1.82, 2.24) is 4.98 Å². The fraction of sp³-hybridized carbons (Fsp3) is 0.357. The maximum absolute atomic E-state index is 11.6. The van der Waals surface area contributed by atoms with Gasteiger partial charge in [-0.05, 0) is 12.0 Å². The summed E-state index contributed by atoms with van der Waals surface area (Å²) in [5, 5.41) is 11.4. The second kappa shape index (κ2) is 6.97. The lowest BCUT2D eigenvalue weighted by Crippen LogP contribution is -2.12. The Morgan fingerprint density at radius 3 is 2.60 bits per heavy atom. The highest BCUT2D eigenvalue weighted by Gasteiger charge is 2.13. The number of hydrogen-bond acceptors (Lipinski definition) is 5. The zero-order valence-electron chi connectivity index (χ0n) is 11.0. The summed E-state index contributed by atoms with van der Waals surface area (Å²) < 4.78 is 23.2. The Morgan fingerprint density at radius 1 is 1.15 bits per heavy atom. The molecule has 0 spiro atoms. The molecule has 0 fully saturated rings. The van der Waals surface area contributed by atoms with E-state index in [1.807, 2.05) is 18.2 Å². The molecular formula is C14H17NO3S2. The van der Waals surface area contributed by atoms with Crippen molar-refractivity contribution < 1.29 is 13.5 Å². The van der Waals surface area contributed by atoms with E-state index in [1.54, 1.807) is 5.38 Å². The first-order chi connectivity index (χ1) is 9.59. The second-order valence-corrected chi connectivity index (χ2v) is 7.66. The predicted octanol–water partition coefficient (Wildman–Crippen LogP) is 1.84. The molecule has 0 aliphatic rings. The van der Waals surface area contributed by atoms with Crippen LogP contribution in [0.2, 0.25) is 0 Å². The molecule has 108 valence electrons. The van der Waals surface area contributed by atoms with Gasteiger partial charge in [0.1, 0.15) is 0 Å². The Kier molecular flexibility index (Phi) is 5.28. The molecular weight excluding hydrogens is 294 g/mol. The van der Waals surface area contributed by atoms with Crippen molar-refractivity contribution >= 4 is 21.2 Å². The van der Waals surface area contributed by atoms with Crippen LogP contribution in [0, 0.1) is 0 Å². The average Bonchev–Trinajstić information content (AvgIpc) is 2.84. The summed E-state index contributed by atoms with van der Waals surface area (Å²) in [5.74, 6) is -0.292. The van der Waals surface area contributed by atoms with Crippen molar-refractivity contribution in [3.63, 3.8) is 0 Å². The molecule has 0 bridgehead atoms. The number of aromatic nitrogens is 1. The Labute approximate surface area is 123 Å². The van der Waals surface area contributed by atoms with Crippen LogP contribution in [0.4, 0.5) is 0 Å². The molecule has 0 aliphatic carbocycles. The van der Waals surface area contributed by atoms with Gasteiger partial charge in [-0.3, -0.25) is 0 Å². The van der Waals surface area contributed by atoms with E-state index in [2.05, 4.69) is 17.1 Å². The molecule has 4 nitrogen and oxygen atoms in total. The first kappa shape index (κ1) is 15.2. The molecule has 20 heavy (non-hydrogen) atoms. The molecule has 1 N–H and O–H groups in total. The molecule has 1 aromatic heterocycles. The van der Waals surface area contributed by atoms with Crippen molar-refractivity contribution in [2.75, 3.05) is 12.4 Å². The lowest BCUT2D eigenvalue weighted by molar-refractivity contribution is 0.319. The van der Waals surface area contributed by atoms with Crippen LogP contribution in [0.15, 0.2) is 35.7 Å². The van der Waals surface area contributed by atoms with Gasteiger partial charge >= 0.3 is 0 Å². The number of hydrogen-bond donors (Lipinski definition) is 1. The minimum absolute atomic E-state index is 0.0879. The Balaban J connectivity index is 1.92. The number of nitrogens with zero attached hydrogens (tertiary/aromatic N) is 1. The fourth-order valence-electron chi connectivity index (χ4n) is 1.86. The van der Waals surface area contributed by atoms with Crippen molar-refractivity contribution in [1.29, 1.82) is 0 Å². The summed E-state index contributed by atoms with van der Waals surface area (Å²) in [7, 11) is -3.24. The molecule has 2 aromatic rings. The molecule has 1 heterocycles. The topological polar surface area (TPSA) is 67.3 Å². The first-order valence-corrected chi connectivity index (χ1v) is 9.07. The molecule has 0 aliphatic heterocycles. The minimum atomic E-state index is -3.24. The summed E-state index contributed by atoms with van der Waals surface area (Å²) in [5.41, 5.74) is 1.82. The first-order valence-electron chi connectivity index (χ1n) is 6.37. The van der Waals surface area contributed by atoms with Gasteiger partial charge in [0.05, 0.1) is 28.8 Å². The van der Waals surface area contributed by atoms with E-state index in [0.717, 1.165) is 17.8 Å². The van der Waals surface area contributed by atoms with Gasteiger partial charge in [-0.1, -0.05) is 30.3 Å². The number of aryl methyl sites for hydroxylation is 2. The van der Waals surface area contributed by atoms with Crippen molar-refractivity contribution in [2.45, 2.75) is 18.6 Å². The SMILES string of the molecule is O=S(=O)(CCO)Cc1csc(CCc2ccccc2)n1. The fourth-order valence-corrected chi connectivity index (χ4v) is 3.79. The minimum Gasteiger partial charge on any atom is -0.395 e. The molecule has 1 aromatic carbocycles. The summed E-state index contributed by atoms with van der Waals surface area (Å²) in [6.45, 7) is -0.340. The summed E-state index contributed by atoms with van der Waals surface area (Å²) in [4.78, 5) is 4.35.